The first-order valence-corrected chi connectivity index (χ1v) is 4.99. The maximum absolute atomic E-state index is 10.5. The fourth-order valence-corrected chi connectivity index (χ4v) is 1.80. The van der Waals surface area contributed by atoms with Crippen LogP contribution in [-0.2, 0) is 6.42 Å². The summed E-state index contributed by atoms with van der Waals surface area (Å²) in [5.74, 6) is 0.583. The minimum absolute atomic E-state index is 0.134. The van der Waals surface area contributed by atoms with Gasteiger partial charge < -0.3 is 10.4 Å². The van der Waals surface area contributed by atoms with Crippen molar-refractivity contribution in [3.05, 3.63) is 35.0 Å². The Morgan fingerprint density at radius 3 is 2.43 bits per heavy atom. The topological polar surface area (TPSA) is 46.5 Å². The first-order chi connectivity index (χ1) is 6.66. The molecule has 0 aliphatic heterocycles. The van der Waals surface area contributed by atoms with Gasteiger partial charge in [0.25, 0.3) is 0 Å². The zero-order valence-electron chi connectivity index (χ0n) is 7.56. The second-order valence-corrected chi connectivity index (χ2v) is 4.22. The van der Waals surface area contributed by atoms with Gasteiger partial charge in [0.15, 0.2) is 0 Å². The Bertz CT molecular complexity index is 312. The number of halogens is 1. The standard InChI is InChI=1S/C10H11ClNO2/c11-10-6-8(10)5-7-1-3-9(4-2-7)12(13)14/h1-4,8,10,13H,5-6H2/q-1/t8-,10-/m1/s1. The maximum Gasteiger partial charge on any atom is 0.0508 e. The fourth-order valence-electron chi connectivity index (χ4n) is 1.48. The van der Waals surface area contributed by atoms with E-state index >= 15 is 0 Å². The summed E-state index contributed by atoms with van der Waals surface area (Å²) in [7, 11) is 0. The highest BCUT2D eigenvalue weighted by atomic mass is 35.5. The minimum Gasteiger partial charge on any atom is -0.733 e. The molecule has 4 heteroatoms. The Hall–Kier alpha value is -0.770. The van der Waals surface area contributed by atoms with Gasteiger partial charge in [0.05, 0.1) is 5.69 Å². The molecule has 1 aliphatic rings. The van der Waals surface area contributed by atoms with Crippen LogP contribution in [0.5, 0.6) is 0 Å². The highest BCUT2D eigenvalue weighted by molar-refractivity contribution is 6.22. The predicted octanol–water partition coefficient (Wildman–Crippen LogP) is 2.55. The first-order valence-electron chi connectivity index (χ1n) is 4.56. The third-order valence-electron chi connectivity index (χ3n) is 2.49. The van der Waals surface area contributed by atoms with Crippen molar-refractivity contribution in [2.45, 2.75) is 18.2 Å². The van der Waals surface area contributed by atoms with Crippen molar-refractivity contribution in [2.75, 3.05) is 5.23 Å². The summed E-state index contributed by atoms with van der Waals surface area (Å²) in [5.41, 5.74) is 1.41. The van der Waals surface area contributed by atoms with E-state index in [0.717, 1.165) is 18.4 Å². The van der Waals surface area contributed by atoms with Gasteiger partial charge in [-0.1, -0.05) is 12.1 Å². The smallest absolute Gasteiger partial charge is 0.0508 e. The number of alkyl halides is 1. The highest BCUT2D eigenvalue weighted by Crippen LogP contribution is 2.38. The summed E-state index contributed by atoms with van der Waals surface area (Å²) >= 11 is 5.89. The molecule has 76 valence electrons. The molecule has 2 atom stereocenters. The summed E-state index contributed by atoms with van der Waals surface area (Å²) in [6.07, 6.45) is 2.04. The molecule has 0 heterocycles. The number of hydrogen-bond acceptors (Lipinski definition) is 3. The molecule has 1 saturated carbocycles. The molecule has 0 aromatic heterocycles. The van der Waals surface area contributed by atoms with Gasteiger partial charge in [-0.15, -0.1) is 11.6 Å². The fraction of sp³-hybridized carbons (Fsp3) is 0.400. The molecule has 1 aromatic rings. The highest BCUT2D eigenvalue weighted by Gasteiger charge is 2.34. The van der Waals surface area contributed by atoms with Crippen molar-refractivity contribution in [1.82, 2.24) is 0 Å². The molecule has 3 nitrogen and oxygen atoms in total. The van der Waals surface area contributed by atoms with E-state index in [4.69, 9.17) is 16.8 Å². The molecule has 2 rings (SSSR count). The molecule has 1 aliphatic carbocycles. The van der Waals surface area contributed by atoms with Crippen LogP contribution in [0.1, 0.15) is 12.0 Å². The van der Waals surface area contributed by atoms with E-state index in [1.807, 2.05) is 12.1 Å². The van der Waals surface area contributed by atoms with Gasteiger partial charge in [0.1, 0.15) is 0 Å². The van der Waals surface area contributed by atoms with Crippen LogP contribution in [0.15, 0.2) is 24.3 Å². The molecule has 14 heavy (non-hydrogen) atoms. The van der Waals surface area contributed by atoms with Crippen molar-refractivity contribution in [3.63, 3.8) is 0 Å². The zero-order chi connectivity index (χ0) is 10.1. The van der Waals surface area contributed by atoms with Crippen LogP contribution in [0.4, 0.5) is 5.69 Å². The van der Waals surface area contributed by atoms with Gasteiger partial charge in [-0.2, -0.15) is 0 Å². The second kappa shape index (κ2) is 3.77. The van der Waals surface area contributed by atoms with E-state index in [9.17, 15) is 5.21 Å². The molecule has 0 saturated heterocycles. The summed E-state index contributed by atoms with van der Waals surface area (Å²) in [6, 6.07) is 6.90. The number of anilines is 1. The predicted molar refractivity (Wildman–Crippen MR) is 55.5 cm³/mol. The van der Waals surface area contributed by atoms with Crippen LogP contribution < -0.4 is 5.23 Å². The Balaban J connectivity index is 1.99. The van der Waals surface area contributed by atoms with Crippen LogP contribution in [0.2, 0.25) is 0 Å². The van der Waals surface area contributed by atoms with Crippen LogP contribution in [0, 0.1) is 11.1 Å². The van der Waals surface area contributed by atoms with Crippen molar-refractivity contribution in [2.24, 2.45) is 5.92 Å². The van der Waals surface area contributed by atoms with E-state index in [-0.39, 0.29) is 10.9 Å². The monoisotopic (exact) mass is 212 g/mol. The van der Waals surface area contributed by atoms with Crippen molar-refractivity contribution in [3.8, 4) is 0 Å². The molecule has 1 fully saturated rings. The van der Waals surface area contributed by atoms with E-state index in [2.05, 4.69) is 0 Å². The first kappa shape index (κ1) is 9.77. The molecule has 1 N–H and O–H groups in total. The molecule has 0 spiro atoms. The van der Waals surface area contributed by atoms with E-state index in [1.165, 1.54) is 0 Å². The van der Waals surface area contributed by atoms with Gasteiger partial charge >= 0.3 is 0 Å². The summed E-state index contributed by atoms with van der Waals surface area (Å²) in [6.45, 7) is 0. The number of rotatable bonds is 3. The third kappa shape index (κ3) is 2.18. The molecule has 0 bridgehead atoms. The lowest BCUT2D eigenvalue weighted by atomic mass is 10.1. The summed E-state index contributed by atoms with van der Waals surface area (Å²) in [5, 5.41) is 19.3. The Morgan fingerprint density at radius 1 is 1.43 bits per heavy atom. The molecular weight excluding hydrogens is 202 g/mol. The second-order valence-electron chi connectivity index (χ2n) is 3.66. The van der Waals surface area contributed by atoms with Gasteiger partial charge in [0, 0.05) is 5.38 Å². The van der Waals surface area contributed by atoms with Crippen molar-refractivity contribution in [1.29, 1.82) is 0 Å². The van der Waals surface area contributed by atoms with Crippen LogP contribution in [0.3, 0.4) is 0 Å². The molecular formula is C10H11ClNO2-. The van der Waals surface area contributed by atoms with E-state index < -0.39 is 0 Å². The lowest BCUT2D eigenvalue weighted by molar-refractivity contribution is 0.296. The van der Waals surface area contributed by atoms with E-state index in [0.29, 0.717) is 11.3 Å². The van der Waals surface area contributed by atoms with Crippen LogP contribution >= 0.6 is 11.6 Å². The average molecular weight is 213 g/mol. The zero-order valence-corrected chi connectivity index (χ0v) is 8.31. The van der Waals surface area contributed by atoms with Gasteiger partial charge in [-0.25, -0.2) is 0 Å². The maximum atomic E-state index is 10.5. The summed E-state index contributed by atoms with van der Waals surface area (Å²) in [4.78, 5) is 0. The normalized spacial score (nSPS) is 24.8. The molecule has 0 unspecified atom stereocenters. The van der Waals surface area contributed by atoms with Gasteiger partial charge in [0.2, 0.25) is 0 Å². The van der Waals surface area contributed by atoms with Crippen molar-refractivity contribution >= 4 is 17.3 Å². The third-order valence-corrected chi connectivity index (χ3v) is 3.03. The number of nitrogens with zero attached hydrogens (tertiary/aromatic N) is 1. The minimum atomic E-state index is -0.134. The lowest BCUT2D eigenvalue weighted by Crippen LogP contribution is -2.06. The van der Waals surface area contributed by atoms with Gasteiger partial charge in [-0.3, -0.25) is 5.21 Å². The Labute approximate surface area is 87.4 Å². The number of hydrogen-bond donors (Lipinski definition) is 1. The van der Waals surface area contributed by atoms with Crippen molar-refractivity contribution < 1.29 is 5.21 Å². The quantitative estimate of drug-likeness (QED) is 0.619. The van der Waals surface area contributed by atoms with Gasteiger partial charge in [-0.05, 0) is 36.5 Å². The van der Waals surface area contributed by atoms with Crippen LogP contribution in [-0.4, -0.2) is 10.6 Å². The SMILES string of the molecule is [O-]N(O)c1ccc(C[C@@H]2C[C@H]2Cl)cc1. The van der Waals surface area contributed by atoms with E-state index in [1.54, 1.807) is 12.1 Å². The molecule has 1 aromatic carbocycles. The average Bonchev–Trinajstić information content (AvgIpc) is 2.82. The Morgan fingerprint density at radius 2 is 2.00 bits per heavy atom. The summed E-state index contributed by atoms with van der Waals surface area (Å²) < 4.78 is 0. The number of benzene rings is 1. The Kier molecular flexibility index (Phi) is 2.63. The largest absolute Gasteiger partial charge is 0.733 e. The molecule has 0 radical (unpaired) electrons. The lowest BCUT2D eigenvalue weighted by Gasteiger charge is -2.21. The van der Waals surface area contributed by atoms with Crippen LogP contribution in [0.25, 0.3) is 0 Å². The molecule has 0 amide bonds.